The second-order valence-electron chi connectivity index (χ2n) is 6.95. The molecule has 2 N–H and O–H groups in total. The molecule has 4 aromatic rings. The predicted octanol–water partition coefficient (Wildman–Crippen LogP) is 3.09. The number of hydrogen-bond acceptors (Lipinski definition) is 6. The normalized spacial score (nSPS) is 10.7. The Morgan fingerprint density at radius 1 is 1.06 bits per heavy atom. The van der Waals surface area contributed by atoms with Crippen molar-refractivity contribution in [1.82, 2.24) is 30.0 Å². The summed E-state index contributed by atoms with van der Waals surface area (Å²) >= 11 is 0. The summed E-state index contributed by atoms with van der Waals surface area (Å²) < 4.78 is 28.9. The highest BCUT2D eigenvalue weighted by Crippen LogP contribution is 2.16. The largest absolute Gasteiger partial charge is 0.378 e. The molecule has 4 rings (SSSR count). The fourth-order valence-electron chi connectivity index (χ4n) is 3.07. The van der Waals surface area contributed by atoms with Gasteiger partial charge in [0.1, 0.15) is 23.7 Å². The maximum Gasteiger partial charge on any atom is 0.251 e. The van der Waals surface area contributed by atoms with Crippen molar-refractivity contribution in [1.29, 1.82) is 0 Å². The van der Waals surface area contributed by atoms with E-state index < -0.39 is 17.5 Å². The number of hydrogen-bond donors (Lipinski definition) is 2. The molecule has 2 aromatic carbocycles. The molecule has 0 unspecified atom stereocenters. The van der Waals surface area contributed by atoms with Crippen molar-refractivity contribution >= 4 is 11.6 Å². The number of amides is 1. The van der Waals surface area contributed by atoms with Crippen molar-refractivity contribution in [2.24, 2.45) is 7.05 Å². The lowest BCUT2D eigenvalue weighted by Crippen LogP contribution is -2.23. The number of carbonyl (C=O) groups is 1. The smallest absolute Gasteiger partial charge is 0.251 e. The third-order valence-electron chi connectivity index (χ3n) is 4.80. The van der Waals surface area contributed by atoms with Gasteiger partial charge >= 0.3 is 0 Å². The molecule has 0 fully saturated rings. The van der Waals surface area contributed by atoms with Crippen LogP contribution < -0.4 is 10.6 Å². The number of aromatic nitrogens is 5. The average Bonchev–Trinajstić information content (AvgIpc) is 3.19. The third-order valence-corrected chi connectivity index (χ3v) is 4.80. The van der Waals surface area contributed by atoms with Gasteiger partial charge in [-0.15, -0.1) is 10.2 Å². The number of rotatable bonds is 7. The lowest BCUT2D eigenvalue weighted by atomic mass is 10.1. The summed E-state index contributed by atoms with van der Waals surface area (Å²) in [5, 5.41) is 14.2. The van der Waals surface area contributed by atoms with E-state index in [1.54, 1.807) is 30.5 Å². The first-order valence-electron chi connectivity index (χ1n) is 9.72. The molecule has 0 spiro atoms. The van der Waals surface area contributed by atoms with Crippen LogP contribution in [0.15, 0.2) is 61.1 Å². The van der Waals surface area contributed by atoms with E-state index in [4.69, 9.17) is 0 Å². The molecule has 162 valence electrons. The minimum absolute atomic E-state index is 0.0782. The lowest BCUT2D eigenvalue weighted by molar-refractivity contribution is 0.0950. The molecule has 0 radical (unpaired) electrons. The van der Waals surface area contributed by atoms with Crippen LogP contribution in [0.3, 0.4) is 0 Å². The first-order chi connectivity index (χ1) is 15.5. The van der Waals surface area contributed by atoms with E-state index >= 15 is 0 Å². The molecule has 0 atom stereocenters. The van der Waals surface area contributed by atoms with Gasteiger partial charge in [0, 0.05) is 36.6 Å². The number of halogens is 2. The van der Waals surface area contributed by atoms with Crippen LogP contribution in [-0.2, 0) is 20.1 Å². The Kier molecular flexibility index (Phi) is 6.11. The summed E-state index contributed by atoms with van der Waals surface area (Å²) in [6.07, 6.45) is 3.08. The summed E-state index contributed by atoms with van der Waals surface area (Å²) in [5.74, 6) is -0.250. The summed E-state index contributed by atoms with van der Waals surface area (Å²) in [6.45, 7) is 0.249. The first kappa shape index (κ1) is 21.0. The van der Waals surface area contributed by atoms with E-state index in [-0.39, 0.29) is 12.1 Å². The van der Waals surface area contributed by atoms with Crippen LogP contribution >= 0.6 is 0 Å². The topological polar surface area (TPSA) is 97.6 Å². The number of carbonyl (C=O) groups excluding carboxylic acids is 1. The van der Waals surface area contributed by atoms with E-state index in [0.717, 1.165) is 18.2 Å². The van der Waals surface area contributed by atoms with Crippen LogP contribution in [-0.4, -0.2) is 30.6 Å². The van der Waals surface area contributed by atoms with Gasteiger partial charge < -0.3 is 15.2 Å². The van der Waals surface area contributed by atoms with Gasteiger partial charge in [-0.25, -0.2) is 18.7 Å². The molecule has 0 bridgehead atoms. The highest BCUT2D eigenvalue weighted by Gasteiger charge is 2.12. The molecule has 0 saturated heterocycles. The highest BCUT2D eigenvalue weighted by molar-refractivity contribution is 5.95. The van der Waals surface area contributed by atoms with E-state index in [2.05, 4.69) is 30.8 Å². The minimum Gasteiger partial charge on any atom is -0.378 e. The third kappa shape index (κ3) is 4.75. The van der Waals surface area contributed by atoms with Gasteiger partial charge in [0.05, 0.1) is 6.54 Å². The van der Waals surface area contributed by atoms with E-state index in [9.17, 15) is 13.6 Å². The molecule has 0 saturated carbocycles. The molecule has 0 aliphatic carbocycles. The monoisotopic (exact) mass is 435 g/mol. The maximum absolute atomic E-state index is 13.7. The second kappa shape index (κ2) is 9.29. The van der Waals surface area contributed by atoms with Gasteiger partial charge in [-0.2, -0.15) is 0 Å². The van der Waals surface area contributed by atoms with Gasteiger partial charge in [0.15, 0.2) is 11.6 Å². The number of nitrogens with zero attached hydrogens (tertiary/aromatic N) is 5. The van der Waals surface area contributed by atoms with Crippen LogP contribution in [0.25, 0.3) is 11.5 Å². The van der Waals surface area contributed by atoms with Gasteiger partial charge in [-0.1, -0.05) is 6.07 Å². The first-order valence-corrected chi connectivity index (χ1v) is 9.72. The molecule has 0 aliphatic heterocycles. The lowest BCUT2D eigenvalue weighted by Gasteiger charge is -2.10. The van der Waals surface area contributed by atoms with Crippen LogP contribution in [0.2, 0.25) is 0 Å². The number of nitrogens with one attached hydrogen (secondary N) is 2. The molecule has 0 aliphatic rings. The van der Waals surface area contributed by atoms with Gasteiger partial charge in [0.25, 0.3) is 5.91 Å². The summed E-state index contributed by atoms with van der Waals surface area (Å²) in [6, 6.07) is 11.7. The average molecular weight is 435 g/mol. The molecule has 2 aromatic heterocycles. The fraction of sp³-hybridized carbons (Fsp3) is 0.136. The summed E-state index contributed by atoms with van der Waals surface area (Å²) in [7, 11) is 1.84. The van der Waals surface area contributed by atoms with Crippen molar-refractivity contribution in [2.75, 3.05) is 5.32 Å². The Labute approximate surface area is 182 Å². The van der Waals surface area contributed by atoms with Crippen LogP contribution in [0.1, 0.15) is 21.7 Å². The zero-order chi connectivity index (χ0) is 22.5. The Bertz CT molecular complexity index is 1240. The zero-order valence-corrected chi connectivity index (χ0v) is 17.1. The standard InChI is InChI=1S/C22H19F2N7O/c1-31-20(29-30-21(31)19-7-8-25-13-28-19)12-26-17-4-2-3-14(10-17)22(32)27-11-15-9-16(23)5-6-18(15)24/h2-10,13,26H,11-12H2,1H3,(H,27,32). The zero-order valence-electron chi connectivity index (χ0n) is 17.1. The van der Waals surface area contributed by atoms with Crippen LogP contribution in [0, 0.1) is 11.6 Å². The molecule has 2 heterocycles. The van der Waals surface area contributed by atoms with Crippen molar-refractivity contribution < 1.29 is 13.6 Å². The molecular weight excluding hydrogens is 416 g/mol. The maximum atomic E-state index is 13.7. The Morgan fingerprint density at radius 2 is 1.94 bits per heavy atom. The predicted molar refractivity (Wildman–Crippen MR) is 113 cm³/mol. The van der Waals surface area contributed by atoms with Crippen LogP contribution in [0.4, 0.5) is 14.5 Å². The van der Waals surface area contributed by atoms with Crippen molar-refractivity contribution in [3.8, 4) is 11.5 Å². The molecule has 32 heavy (non-hydrogen) atoms. The van der Waals surface area contributed by atoms with Gasteiger partial charge in [-0.05, 0) is 42.5 Å². The minimum atomic E-state index is -0.577. The van der Waals surface area contributed by atoms with Crippen LogP contribution in [0.5, 0.6) is 0 Å². The Hall–Kier alpha value is -4.21. The van der Waals surface area contributed by atoms with Crippen molar-refractivity contribution in [2.45, 2.75) is 13.1 Å². The molecular formula is C22H19F2N7O. The van der Waals surface area contributed by atoms with Gasteiger partial charge in [0.2, 0.25) is 0 Å². The Morgan fingerprint density at radius 3 is 2.75 bits per heavy atom. The van der Waals surface area contributed by atoms with E-state index in [1.165, 1.54) is 6.33 Å². The second-order valence-corrected chi connectivity index (χ2v) is 6.95. The highest BCUT2D eigenvalue weighted by atomic mass is 19.1. The van der Waals surface area contributed by atoms with E-state index in [1.807, 2.05) is 17.7 Å². The fourth-order valence-corrected chi connectivity index (χ4v) is 3.07. The quantitative estimate of drug-likeness (QED) is 0.463. The number of benzene rings is 2. The summed E-state index contributed by atoms with van der Waals surface area (Å²) in [5.41, 5.74) is 1.82. The van der Waals surface area contributed by atoms with E-state index in [0.29, 0.717) is 35.1 Å². The molecule has 8 nitrogen and oxygen atoms in total. The van der Waals surface area contributed by atoms with Gasteiger partial charge in [-0.3, -0.25) is 4.79 Å². The SMILES string of the molecule is Cn1c(CNc2cccc(C(=O)NCc3cc(F)ccc3F)c2)nnc1-c1ccncn1. The Balaban J connectivity index is 1.40. The van der Waals surface area contributed by atoms with Crippen molar-refractivity contribution in [3.05, 3.63) is 89.6 Å². The molecule has 1 amide bonds. The van der Waals surface area contributed by atoms with Crippen molar-refractivity contribution in [3.63, 3.8) is 0 Å². The number of anilines is 1. The summed E-state index contributed by atoms with van der Waals surface area (Å²) in [4.78, 5) is 20.5. The molecule has 10 heteroatoms.